The molecule has 6 heteroatoms. The summed E-state index contributed by atoms with van der Waals surface area (Å²) in [4.78, 5) is 2.34. The molecule has 3 rings (SSSR count). The molecule has 2 aliphatic rings. The topological polar surface area (TPSA) is 33.7 Å². The number of hydrogen-bond donors (Lipinski definition) is 1. The highest BCUT2D eigenvalue weighted by Gasteiger charge is 2.45. The Morgan fingerprint density at radius 2 is 1.95 bits per heavy atom. The molecule has 0 saturated carbocycles. The molecule has 4 nitrogen and oxygen atoms in total. The van der Waals surface area contributed by atoms with Crippen molar-refractivity contribution in [3.63, 3.8) is 0 Å². The highest BCUT2D eigenvalue weighted by atomic mass is 19.3. The van der Waals surface area contributed by atoms with Crippen molar-refractivity contribution in [1.82, 2.24) is 10.2 Å². The summed E-state index contributed by atoms with van der Waals surface area (Å²) in [5.41, 5.74) is 0.797. The Bertz CT molecular complexity index is 531. The van der Waals surface area contributed by atoms with Gasteiger partial charge in [-0.2, -0.15) is 0 Å². The van der Waals surface area contributed by atoms with Gasteiger partial charge in [-0.15, -0.1) is 8.78 Å². The van der Waals surface area contributed by atoms with E-state index in [0.717, 1.165) is 38.2 Å². The third-order valence-electron chi connectivity index (χ3n) is 4.11. The lowest BCUT2D eigenvalue weighted by Gasteiger charge is -2.36. The molecule has 0 bridgehead atoms. The molecule has 0 amide bonds. The van der Waals surface area contributed by atoms with Crippen LogP contribution in [0.4, 0.5) is 8.78 Å². The van der Waals surface area contributed by atoms with E-state index in [0.29, 0.717) is 5.92 Å². The van der Waals surface area contributed by atoms with Crippen LogP contribution < -0.4 is 14.8 Å². The highest BCUT2D eigenvalue weighted by molar-refractivity contribution is 5.50. The van der Waals surface area contributed by atoms with Crippen LogP contribution in [0.25, 0.3) is 0 Å². The number of piperazine rings is 1. The minimum Gasteiger partial charge on any atom is -0.395 e. The van der Waals surface area contributed by atoms with Gasteiger partial charge in [-0.25, -0.2) is 0 Å². The predicted octanol–water partition coefficient (Wildman–Crippen LogP) is 3.00. The predicted molar refractivity (Wildman–Crippen MR) is 79.3 cm³/mol. The SMILES string of the molecule is CC(C)C[C@@H](c1cccc2c1OC(F)(F)O2)N1CCNCC1. The van der Waals surface area contributed by atoms with E-state index in [1.54, 1.807) is 6.07 Å². The third-order valence-corrected chi connectivity index (χ3v) is 4.11. The van der Waals surface area contributed by atoms with Crippen LogP contribution in [0.2, 0.25) is 0 Å². The van der Waals surface area contributed by atoms with Crippen molar-refractivity contribution in [2.45, 2.75) is 32.6 Å². The Kier molecular flexibility index (Phi) is 4.23. The van der Waals surface area contributed by atoms with Crippen molar-refractivity contribution < 1.29 is 18.3 Å². The van der Waals surface area contributed by atoms with E-state index in [-0.39, 0.29) is 17.5 Å². The van der Waals surface area contributed by atoms with E-state index in [1.807, 2.05) is 6.07 Å². The second-order valence-corrected chi connectivity index (χ2v) is 6.27. The van der Waals surface area contributed by atoms with Crippen LogP contribution >= 0.6 is 0 Å². The average Bonchev–Trinajstić information content (AvgIpc) is 2.79. The van der Waals surface area contributed by atoms with Crippen molar-refractivity contribution in [3.8, 4) is 11.5 Å². The smallest absolute Gasteiger partial charge is 0.395 e. The molecule has 1 atom stereocenters. The standard InChI is InChI=1S/C16H22F2N2O2/c1-11(2)10-13(20-8-6-19-7-9-20)12-4-3-5-14-15(12)22-16(17,18)21-14/h3-5,11,13,19H,6-10H2,1-2H3/t13-/m0/s1. The zero-order chi connectivity index (χ0) is 15.7. The van der Waals surface area contributed by atoms with Crippen molar-refractivity contribution in [1.29, 1.82) is 0 Å². The summed E-state index contributed by atoms with van der Waals surface area (Å²) in [6.45, 7) is 7.92. The molecule has 122 valence electrons. The zero-order valence-corrected chi connectivity index (χ0v) is 12.9. The van der Waals surface area contributed by atoms with Crippen LogP contribution in [0.5, 0.6) is 11.5 Å². The average molecular weight is 312 g/mol. The minimum absolute atomic E-state index is 0.0644. The molecule has 2 aliphatic heterocycles. The minimum atomic E-state index is -3.57. The van der Waals surface area contributed by atoms with E-state index >= 15 is 0 Å². The van der Waals surface area contributed by atoms with Crippen LogP contribution in [-0.4, -0.2) is 37.4 Å². The molecule has 22 heavy (non-hydrogen) atoms. The Balaban J connectivity index is 1.93. The van der Waals surface area contributed by atoms with Crippen LogP contribution in [-0.2, 0) is 0 Å². The molecule has 1 aromatic rings. The fourth-order valence-electron chi connectivity index (χ4n) is 3.17. The van der Waals surface area contributed by atoms with Crippen LogP contribution in [0, 0.1) is 5.92 Å². The largest absolute Gasteiger partial charge is 0.586 e. The van der Waals surface area contributed by atoms with Gasteiger partial charge < -0.3 is 14.8 Å². The Morgan fingerprint density at radius 1 is 1.23 bits per heavy atom. The number of ether oxygens (including phenoxy) is 2. The Hall–Kier alpha value is -1.40. The number of para-hydroxylation sites is 1. The number of fused-ring (bicyclic) bond motifs is 1. The lowest BCUT2D eigenvalue weighted by Crippen LogP contribution is -2.45. The second-order valence-electron chi connectivity index (χ2n) is 6.27. The molecule has 0 aromatic heterocycles. The van der Waals surface area contributed by atoms with Crippen LogP contribution in [0.1, 0.15) is 31.9 Å². The first-order chi connectivity index (χ1) is 10.5. The fourth-order valence-corrected chi connectivity index (χ4v) is 3.17. The summed E-state index contributed by atoms with van der Waals surface area (Å²) in [6, 6.07) is 5.23. The number of nitrogens with one attached hydrogen (secondary N) is 1. The van der Waals surface area contributed by atoms with Gasteiger partial charge >= 0.3 is 6.29 Å². The van der Waals surface area contributed by atoms with Crippen molar-refractivity contribution in [3.05, 3.63) is 23.8 Å². The molecule has 0 spiro atoms. The lowest BCUT2D eigenvalue weighted by atomic mass is 9.94. The first-order valence-electron chi connectivity index (χ1n) is 7.80. The molecular formula is C16H22F2N2O2. The zero-order valence-electron chi connectivity index (χ0n) is 12.9. The number of nitrogens with zero attached hydrogens (tertiary/aromatic N) is 1. The first-order valence-corrected chi connectivity index (χ1v) is 7.80. The van der Waals surface area contributed by atoms with Crippen molar-refractivity contribution in [2.24, 2.45) is 5.92 Å². The van der Waals surface area contributed by atoms with E-state index < -0.39 is 6.29 Å². The molecule has 1 saturated heterocycles. The van der Waals surface area contributed by atoms with Gasteiger partial charge in [0.25, 0.3) is 0 Å². The van der Waals surface area contributed by atoms with Crippen molar-refractivity contribution >= 4 is 0 Å². The van der Waals surface area contributed by atoms with Gasteiger partial charge in [-0.3, -0.25) is 4.90 Å². The summed E-state index contributed by atoms with van der Waals surface area (Å²) < 4.78 is 36.2. The van der Waals surface area contributed by atoms with Crippen LogP contribution in [0.15, 0.2) is 18.2 Å². The van der Waals surface area contributed by atoms with Gasteiger partial charge in [0.05, 0.1) is 0 Å². The van der Waals surface area contributed by atoms with E-state index in [4.69, 9.17) is 4.74 Å². The third kappa shape index (κ3) is 3.17. The van der Waals surface area contributed by atoms with Gasteiger partial charge in [0, 0.05) is 37.8 Å². The van der Waals surface area contributed by atoms with Gasteiger partial charge in [0.2, 0.25) is 0 Å². The van der Waals surface area contributed by atoms with Gasteiger partial charge in [-0.05, 0) is 18.4 Å². The first kappa shape index (κ1) is 15.5. The molecule has 0 radical (unpaired) electrons. The van der Waals surface area contributed by atoms with Crippen LogP contribution in [0.3, 0.4) is 0 Å². The Morgan fingerprint density at radius 3 is 2.64 bits per heavy atom. The van der Waals surface area contributed by atoms with E-state index in [2.05, 4.69) is 28.8 Å². The van der Waals surface area contributed by atoms with E-state index in [9.17, 15) is 8.78 Å². The van der Waals surface area contributed by atoms with Gasteiger partial charge in [-0.1, -0.05) is 26.0 Å². The maximum Gasteiger partial charge on any atom is 0.586 e. The van der Waals surface area contributed by atoms with E-state index in [1.165, 1.54) is 6.07 Å². The monoisotopic (exact) mass is 312 g/mol. The number of hydrogen-bond acceptors (Lipinski definition) is 4. The normalized spacial score (nSPS) is 22.0. The Labute approximate surface area is 129 Å². The summed E-state index contributed by atoms with van der Waals surface area (Å²) in [5.74, 6) is 0.779. The molecule has 2 heterocycles. The summed E-state index contributed by atoms with van der Waals surface area (Å²) in [5, 5.41) is 3.32. The van der Waals surface area contributed by atoms with Gasteiger partial charge in [0.15, 0.2) is 11.5 Å². The van der Waals surface area contributed by atoms with Gasteiger partial charge in [0.1, 0.15) is 0 Å². The molecule has 1 aromatic carbocycles. The maximum absolute atomic E-state index is 13.4. The maximum atomic E-state index is 13.4. The molecule has 1 fully saturated rings. The lowest BCUT2D eigenvalue weighted by molar-refractivity contribution is -0.287. The molecular weight excluding hydrogens is 290 g/mol. The number of rotatable bonds is 4. The van der Waals surface area contributed by atoms with Crippen molar-refractivity contribution in [2.75, 3.05) is 26.2 Å². The summed E-state index contributed by atoms with van der Waals surface area (Å²) in [6.07, 6.45) is -2.67. The highest BCUT2D eigenvalue weighted by Crippen LogP contribution is 2.47. The number of alkyl halides is 2. The fraction of sp³-hybridized carbons (Fsp3) is 0.625. The summed E-state index contributed by atoms with van der Waals surface area (Å²) in [7, 11) is 0. The second kappa shape index (κ2) is 6.01. The molecule has 0 aliphatic carbocycles. The number of halogens is 2. The molecule has 1 N–H and O–H groups in total. The summed E-state index contributed by atoms with van der Waals surface area (Å²) >= 11 is 0. The molecule has 0 unspecified atom stereocenters. The quantitative estimate of drug-likeness (QED) is 0.927. The number of benzene rings is 1.